The Hall–Kier alpha value is -2.83. The first-order chi connectivity index (χ1) is 14.4. The van der Waals surface area contributed by atoms with Gasteiger partial charge in [0.2, 0.25) is 0 Å². The van der Waals surface area contributed by atoms with Crippen LogP contribution in [0.5, 0.6) is 6.01 Å². The summed E-state index contributed by atoms with van der Waals surface area (Å²) in [6.45, 7) is 2.24. The summed E-state index contributed by atoms with van der Waals surface area (Å²) in [5.41, 5.74) is 3.09. The number of benzene rings is 2. The zero-order valence-electron chi connectivity index (χ0n) is 16.5. The molecule has 0 spiro atoms. The van der Waals surface area contributed by atoms with Crippen molar-refractivity contribution in [1.29, 1.82) is 0 Å². The Labute approximate surface area is 184 Å². The zero-order chi connectivity index (χ0) is 21.7. The van der Waals surface area contributed by atoms with E-state index in [0.29, 0.717) is 40.1 Å². The maximum Gasteiger partial charge on any atom is 0.318 e. The number of carboxylic acids is 1. The van der Waals surface area contributed by atoms with Gasteiger partial charge in [0.05, 0.1) is 18.7 Å². The molecule has 6 nitrogen and oxygen atoms in total. The van der Waals surface area contributed by atoms with Gasteiger partial charge in [-0.05, 0) is 42.7 Å². The van der Waals surface area contributed by atoms with Crippen LogP contribution < -0.4 is 10.1 Å². The van der Waals surface area contributed by atoms with Crippen molar-refractivity contribution in [3.05, 3.63) is 69.7 Å². The molecule has 3 rings (SSSR count). The van der Waals surface area contributed by atoms with Gasteiger partial charge in [-0.25, -0.2) is 0 Å². The Kier molecular flexibility index (Phi) is 7.13. The van der Waals surface area contributed by atoms with Crippen LogP contribution in [-0.2, 0) is 11.2 Å². The van der Waals surface area contributed by atoms with Crippen LogP contribution in [0, 0.1) is 0 Å². The second-order valence-electron chi connectivity index (χ2n) is 6.72. The van der Waals surface area contributed by atoms with Gasteiger partial charge in [0.25, 0.3) is 0 Å². The second kappa shape index (κ2) is 9.78. The normalized spacial score (nSPS) is 11.7. The molecular weight excluding hydrogens is 425 g/mol. The highest BCUT2D eigenvalue weighted by atomic mass is 35.5. The molecule has 1 atom stereocenters. The van der Waals surface area contributed by atoms with E-state index in [2.05, 4.69) is 15.3 Å². The summed E-state index contributed by atoms with van der Waals surface area (Å²) >= 11 is 12.2. The molecule has 1 unspecified atom stereocenters. The average molecular weight is 446 g/mol. The minimum Gasteiger partial charge on any atom is -0.481 e. The van der Waals surface area contributed by atoms with E-state index in [1.54, 1.807) is 31.2 Å². The number of ether oxygens (including phenoxy) is 1. The summed E-state index contributed by atoms with van der Waals surface area (Å²) in [6, 6.07) is 14.7. The van der Waals surface area contributed by atoms with Crippen LogP contribution >= 0.6 is 23.2 Å². The molecule has 0 radical (unpaired) electrons. The fourth-order valence-electron chi connectivity index (χ4n) is 2.91. The summed E-state index contributed by atoms with van der Waals surface area (Å²) in [6.07, 6.45) is 0.684. The molecule has 0 aliphatic rings. The minimum atomic E-state index is -0.879. The molecule has 156 valence electrons. The molecule has 0 aliphatic carbocycles. The lowest BCUT2D eigenvalue weighted by molar-refractivity contribution is -0.138. The van der Waals surface area contributed by atoms with Crippen LogP contribution in [0.2, 0.25) is 10.0 Å². The van der Waals surface area contributed by atoms with E-state index in [4.69, 9.17) is 27.9 Å². The third-order valence-electron chi connectivity index (χ3n) is 4.66. The summed E-state index contributed by atoms with van der Waals surface area (Å²) in [5, 5.41) is 13.8. The Morgan fingerprint density at radius 2 is 1.97 bits per heavy atom. The lowest BCUT2D eigenvalue weighted by atomic mass is 9.98. The van der Waals surface area contributed by atoms with Crippen molar-refractivity contribution in [3.8, 4) is 17.3 Å². The summed E-state index contributed by atoms with van der Waals surface area (Å²) in [4.78, 5) is 20.0. The molecule has 3 aromatic rings. The Balaban J connectivity index is 1.80. The number of aromatic nitrogens is 2. The number of methoxy groups -OCH3 is 1. The summed E-state index contributed by atoms with van der Waals surface area (Å²) in [5.74, 6) is -0.898. The molecular formula is C22H21Cl2N3O3. The van der Waals surface area contributed by atoms with Crippen molar-refractivity contribution < 1.29 is 14.6 Å². The molecule has 1 aromatic heterocycles. The number of halogens is 2. The molecule has 30 heavy (non-hydrogen) atoms. The highest BCUT2D eigenvalue weighted by Crippen LogP contribution is 2.26. The molecule has 0 fully saturated rings. The van der Waals surface area contributed by atoms with Crippen LogP contribution in [0.3, 0.4) is 0 Å². The Morgan fingerprint density at radius 1 is 1.17 bits per heavy atom. The molecule has 1 heterocycles. The second-order valence-corrected chi connectivity index (χ2v) is 7.57. The fourth-order valence-corrected chi connectivity index (χ4v) is 3.42. The zero-order valence-corrected chi connectivity index (χ0v) is 18.0. The van der Waals surface area contributed by atoms with E-state index in [-0.39, 0.29) is 6.01 Å². The van der Waals surface area contributed by atoms with Gasteiger partial charge < -0.3 is 15.2 Å². The van der Waals surface area contributed by atoms with Crippen molar-refractivity contribution in [1.82, 2.24) is 9.97 Å². The van der Waals surface area contributed by atoms with Gasteiger partial charge in [-0.3, -0.25) is 4.79 Å². The molecule has 0 saturated carbocycles. The number of carboxylic acid groups (broad SMARTS) is 1. The van der Waals surface area contributed by atoms with Gasteiger partial charge in [-0.1, -0.05) is 47.5 Å². The molecule has 0 bridgehead atoms. The maximum atomic E-state index is 11.3. The third kappa shape index (κ3) is 5.40. The van der Waals surface area contributed by atoms with Crippen molar-refractivity contribution in [2.24, 2.45) is 0 Å². The third-order valence-corrected chi connectivity index (χ3v) is 5.24. The van der Waals surface area contributed by atoms with Crippen molar-refractivity contribution in [2.45, 2.75) is 19.3 Å². The monoisotopic (exact) mass is 445 g/mol. The van der Waals surface area contributed by atoms with Gasteiger partial charge >= 0.3 is 12.0 Å². The average Bonchev–Trinajstić information content (AvgIpc) is 2.74. The first-order valence-corrected chi connectivity index (χ1v) is 10.1. The summed E-state index contributed by atoms with van der Waals surface area (Å²) < 4.78 is 5.24. The largest absolute Gasteiger partial charge is 0.481 e. The van der Waals surface area contributed by atoms with Crippen LogP contribution in [-0.4, -0.2) is 34.7 Å². The minimum absolute atomic E-state index is 0.219. The van der Waals surface area contributed by atoms with E-state index in [0.717, 1.165) is 11.1 Å². The van der Waals surface area contributed by atoms with Crippen molar-refractivity contribution in [2.75, 3.05) is 19.0 Å². The number of hydrogen-bond acceptors (Lipinski definition) is 5. The maximum absolute atomic E-state index is 11.3. The predicted molar refractivity (Wildman–Crippen MR) is 119 cm³/mol. The van der Waals surface area contributed by atoms with E-state index >= 15 is 0 Å². The molecule has 2 aromatic carbocycles. The molecule has 8 heteroatoms. The van der Waals surface area contributed by atoms with Crippen molar-refractivity contribution >= 4 is 35.0 Å². The van der Waals surface area contributed by atoms with Crippen LogP contribution in [0.15, 0.2) is 48.5 Å². The topological polar surface area (TPSA) is 84.3 Å². The molecule has 0 amide bonds. The number of aliphatic carboxylic acids is 1. The standard InChI is InChI=1S/C22H21Cl2N3O3/c1-13(21(28)29)15-4-3-5-16(10-15)19-12-20(27-22(26-19)30-2)25-9-8-14-6-7-17(23)11-18(14)24/h3-7,10-13H,8-9H2,1-2H3,(H,28,29)(H,25,26,27). The quantitative estimate of drug-likeness (QED) is 0.489. The van der Waals surface area contributed by atoms with Crippen LogP contribution in [0.4, 0.5) is 5.82 Å². The predicted octanol–water partition coefficient (Wildman–Crippen LogP) is 5.30. The highest BCUT2D eigenvalue weighted by molar-refractivity contribution is 6.35. The highest BCUT2D eigenvalue weighted by Gasteiger charge is 2.15. The number of nitrogens with zero attached hydrogens (tertiary/aromatic N) is 2. The molecule has 2 N–H and O–H groups in total. The Morgan fingerprint density at radius 3 is 2.67 bits per heavy atom. The number of rotatable bonds is 8. The van der Waals surface area contributed by atoms with Gasteiger partial charge in [-0.15, -0.1) is 0 Å². The first-order valence-electron chi connectivity index (χ1n) is 9.31. The number of nitrogens with one attached hydrogen (secondary N) is 1. The lowest BCUT2D eigenvalue weighted by Gasteiger charge is -2.12. The van der Waals surface area contributed by atoms with E-state index in [9.17, 15) is 9.90 Å². The van der Waals surface area contributed by atoms with E-state index in [1.165, 1.54) is 7.11 Å². The van der Waals surface area contributed by atoms with E-state index in [1.807, 2.05) is 24.3 Å². The lowest BCUT2D eigenvalue weighted by Crippen LogP contribution is -2.09. The van der Waals surface area contributed by atoms with Crippen LogP contribution in [0.25, 0.3) is 11.3 Å². The first kappa shape index (κ1) is 21.9. The SMILES string of the molecule is COc1nc(NCCc2ccc(Cl)cc2Cl)cc(-c2cccc(C(C)C(=O)O)c2)n1. The van der Waals surface area contributed by atoms with Crippen molar-refractivity contribution in [3.63, 3.8) is 0 Å². The fraction of sp³-hybridized carbons (Fsp3) is 0.227. The Bertz CT molecular complexity index is 1060. The smallest absolute Gasteiger partial charge is 0.318 e. The van der Waals surface area contributed by atoms with Gasteiger partial charge in [0.1, 0.15) is 5.82 Å². The molecule has 0 aliphatic heterocycles. The van der Waals surface area contributed by atoms with Gasteiger partial charge in [-0.2, -0.15) is 9.97 Å². The van der Waals surface area contributed by atoms with Gasteiger partial charge in [0, 0.05) is 28.2 Å². The van der Waals surface area contributed by atoms with Crippen LogP contribution in [0.1, 0.15) is 24.0 Å². The van der Waals surface area contributed by atoms with E-state index < -0.39 is 11.9 Å². The number of anilines is 1. The molecule has 0 saturated heterocycles. The summed E-state index contributed by atoms with van der Waals surface area (Å²) in [7, 11) is 1.50. The number of hydrogen-bond donors (Lipinski definition) is 2. The number of carbonyl (C=O) groups is 1. The van der Waals surface area contributed by atoms with Gasteiger partial charge in [0.15, 0.2) is 0 Å².